The number of rotatable bonds is 6. The Hall–Kier alpha value is -1.96. The smallest absolute Gasteiger partial charge is 0.354 e. The molecule has 0 aliphatic rings. The first-order chi connectivity index (χ1) is 8.78. The number of nitrogens with one attached hydrogen (secondary N) is 1. The molecule has 0 bridgehead atoms. The van der Waals surface area contributed by atoms with Gasteiger partial charge >= 0.3 is 5.97 Å². The number of aromatic carboxylic acids is 1. The average molecular weight is 286 g/mol. The van der Waals surface area contributed by atoms with E-state index in [0.29, 0.717) is 5.56 Å². The Labute approximate surface area is 110 Å². The summed E-state index contributed by atoms with van der Waals surface area (Å²) < 4.78 is 21.7. The zero-order valence-electron chi connectivity index (χ0n) is 10.3. The second-order valence-electron chi connectivity index (χ2n) is 4.01. The number of sulfone groups is 1. The summed E-state index contributed by atoms with van der Waals surface area (Å²) in [5.41, 5.74) is 0.560. The van der Waals surface area contributed by atoms with Crippen LogP contribution in [0.4, 0.5) is 0 Å². The number of amides is 1. The summed E-state index contributed by atoms with van der Waals surface area (Å²) >= 11 is 0. The van der Waals surface area contributed by atoms with E-state index in [2.05, 4.69) is 10.3 Å². The molecule has 1 aromatic heterocycles. The summed E-state index contributed by atoms with van der Waals surface area (Å²) in [4.78, 5) is 25.6. The number of aromatic nitrogens is 1. The second-order valence-corrected chi connectivity index (χ2v) is 6.27. The summed E-state index contributed by atoms with van der Waals surface area (Å²) in [5.74, 6) is -1.70. The lowest BCUT2D eigenvalue weighted by atomic mass is 10.2. The van der Waals surface area contributed by atoms with Gasteiger partial charge in [0.05, 0.1) is 5.75 Å². The molecule has 0 radical (unpaired) electrons. The van der Waals surface area contributed by atoms with Crippen molar-refractivity contribution >= 4 is 21.7 Å². The zero-order valence-corrected chi connectivity index (χ0v) is 11.1. The van der Waals surface area contributed by atoms with Crippen LogP contribution in [0.1, 0.15) is 22.5 Å². The van der Waals surface area contributed by atoms with Crippen molar-refractivity contribution in [2.75, 3.05) is 12.0 Å². The van der Waals surface area contributed by atoms with E-state index in [9.17, 15) is 18.0 Å². The van der Waals surface area contributed by atoms with Gasteiger partial charge in [-0.25, -0.2) is 18.2 Å². The minimum Gasteiger partial charge on any atom is -0.477 e. The first-order valence-corrected chi connectivity index (χ1v) is 7.46. The Kier molecular flexibility index (Phi) is 4.99. The van der Waals surface area contributed by atoms with Crippen molar-refractivity contribution in [2.24, 2.45) is 0 Å². The fourth-order valence-electron chi connectivity index (χ4n) is 1.22. The van der Waals surface area contributed by atoms with Gasteiger partial charge in [-0.15, -0.1) is 0 Å². The molecule has 1 heterocycles. The van der Waals surface area contributed by atoms with Crippen molar-refractivity contribution in [3.63, 3.8) is 0 Å². The van der Waals surface area contributed by atoms with Gasteiger partial charge < -0.3 is 10.4 Å². The molecule has 0 saturated carbocycles. The van der Waals surface area contributed by atoms with Gasteiger partial charge in [0.2, 0.25) is 5.91 Å². The molecule has 0 fully saturated rings. The summed E-state index contributed by atoms with van der Waals surface area (Å²) in [7, 11) is -3.16. The Morgan fingerprint density at radius 3 is 2.53 bits per heavy atom. The molecule has 0 aliphatic carbocycles. The maximum absolute atomic E-state index is 11.3. The third-order valence-corrected chi connectivity index (χ3v) is 3.18. The van der Waals surface area contributed by atoms with Crippen LogP contribution in [0.5, 0.6) is 0 Å². The minimum atomic E-state index is -3.16. The first kappa shape index (κ1) is 15.1. The second kappa shape index (κ2) is 6.28. The van der Waals surface area contributed by atoms with E-state index >= 15 is 0 Å². The standard InChI is InChI=1S/C11H14N2O5S/c1-19(17,18)5-4-10(14)13-7-8-2-3-9(11(15)16)12-6-8/h2-3,6H,4-5,7H2,1H3,(H,13,14)(H,15,16). The van der Waals surface area contributed by atoms with E-state index in [1.54, 1.807) is 0 Å². The molecule has 1 amide bonds. The van der Waals surface area contributed by atoms with Crippen LogP contribution < -0.4 is 5.32 Å². The fourth-order valence-corrected chi connectivity index (χ4v) is 1.78. The number of pyridine rings is 1. The molecule has 8 heteroatoms. The van der Waals surface area contributed by atoms with Crippen molar-refractivity contribution in [1.82, 2.24) is 10.3 Å². The highest BCUT2D eigenvalue weighted by atomic mass is 32.2. The van der Waals surface area contributed by atoms with Gasteiger partial charge in [0.1, 0.15) is 15.5 Å². The molecule has 0 atom stereocenters. The van der Waals surface area contributed by atoms with E-state index in [1.807, 2.05) is 0 Å². The van der Waals surface area contributed by atoms with Crippen LogP contribution in [-0.2, 0) is 21.2 Å². The molecule has 0 spiro atoms. The highest BCUT2D eigenvalue weighted by Gasteiger charge is 2.08. The molecule has 7 nitrogen and oxygen atoms in total. The molecular formula is C11H14N2O5S. The van der Waals surface area contributed by atoms with Gasteiger partial charge in [-0.2, -0.15) is 0 Å². The first-order valence-electron chi connectivity index (χ1n) is 5.40. The number of carboxylic acids is 1. The van der Waals surface area contributed by atoms with Crippen LogP contribution in [0.3, 0.4) is 0 Å². The predicted molar refractivity (Wildman–Crippen MR) is 67.4 cm³/mol. The molecule has 0 aromatic carbocycles. The number of hydrogen-bond acceptors (Lipinski definition) is 5. The predicted octanol–water partition coefficient (Wildman–Crippen LogP) is -0.169. The lowest BCUT2D eigenvalue weighted by Crippen LogP contribution is -2.25. The SMILES string of the molecule is CS(=O)(=O)CCC(=O)NCc1ccc(C(=O)O)nc1. The summed E-state index contributed by atoms with van der Waals surface area (Å²) in [6, 6.07) is 2.87. The van der Waals surface area contributed by atoms with E-state index in [4.69, 9.17) is 5.11 Å². The van der Waals surface area contributed by atoms with Crippen LogP contribution >= 0.6 is 0 Å². The lowest BCUT2D eigenvalue weighted by molar-refractivity contribution is -0.120. The number of nitrogens with zero attached hydrogens (tertiary/aromatic N) is 1. The largest absolute Gasteiger partial charge is 0.477 e. The molecule has 0 saturated heterocycles. The van der Waals surface area contributed by atoms with E-state index in [1.165, 1.54) is 18.3 Å². The van der Waals surface area contributed by atoms with Gasteiger partial charge in [0, 0.05) is 25.4 Å². The number of carbonyl (C=O) groups excluding carboxylic acids is 1. The summed E-state index contributed by atoms with van der Waals surface area (Å²) in [6.07, 6.45) is 2.31. The molecule has 0 aliphatic heterocycles. The third-order valence-electron chi connectivity index (χ3n) is 2.23. The third kappa shape index (κ3) is 5.96. The van der Waals surface area contributed by atoms with Crippen LogP contribution in [0.2, 0.25) is 0 Å². The Balaban J connectivity index is 2.44. The normalized spacial score (nSPS) is 11.0. The van der Waals surface area contributed by atoms with Gasteiger partial charge in [-0.1, -0.05) is 6.07 Å². The molecule has 2 N–H and O–H groups in total. The summed E-state index contributed by atoms with van der Waals surface area (Å²) in [5, 5.41) is 11.2. The lowest BCUT2D eigenvalue weighted by Gasteiger charge is -2.04. The Morgan fingerprint density at radius 1 is 1.37 bits per heavy atom. The Bertz CT molecular complexity index is 565. The zero-order chi connectivity index (χ0) is 14.5. The molecule has 1 aromatic rings. The van der Waals surface area contributed by atoms with E-state index in [-0.39, 0.29) is 30.3 Å². The monoisotopic (exact) mass is 286 g/mol. The maximum atomic E-state index is 11.3. The Morgan fingerprint density at radius 2 is 2.05 bits per heavy atom. The van der Waals surface area contributed by atoms with Crippen molar-refractivity contribution in [2.45, 2.75) is 13.0 Å². The van der Waals surface area contributed by atoms with Gasteiger partial charge in [-0.3, -0.25) is 4.79 Å². The maximum Gasteiger partial charge on any atom is 0.354 e. The number of carboxylic acid groups (broad SMARTS) is 1. The van der Waals surface area contributed by atoms with Crippen LogP contribution in [0.15, 0.2) is 18.3 Å². The molecule has 104 valence electrons. The molecule has 1 rings (SSSR count). The van der Waals surface area contributed by atoms with E-state index < -0.39 is 15.8 Å². The van der Waals surface area contributed by atoms with Crippen molar-refractivity contribution in [1.29, 1.82) is 0 Å². The van der Waals surface area contributed by atoms with Crippen molar-refractivity contribution in [3.8, 4) is 0 Å². The van der Waals surface area contributed by atoms with Gasteiger partial charge in [0.15, 0.2) is 0 Å². The minimum absolute atomic E-state index is 0.0767. The molecule has 0 unspecified atom stereocenters. The summed E-state index contributed by atoms with van der Waals surface area (Å²) in [6.45, 7) is 0.176. The highest BCUT2D eigenvalue weighted by molar-refractivity contribution is 7.90. The van der Waals surface area contributed by atoms with Gasteiger partial charge in [-0.05, 0) is 11.6 Å². The average Bonchev–Trinajstić information content (AvgIpc) is 2.33. The van der Waals surface area contributed by atoms with Crippen LogP contribution in [0, 0.1) is 0 Å². The topological polar surface area (TPSA) is 113 Å². The quantitative estimate of drug-likeness (QED) is 0.750. The molecular weight excluding hydrogens is 272 g/mol. The van der Waals surface area contributed by atoms with Crippen LogP contribution in [0.25, 0.3) is 0 Å². The van der Waals surface area contributed by atoms with Gasteiger partial charge in [0.25, 0.3) is 0 Å². The van der Waals surface area contributed by atoms with Crippen LogP contribution in [-0.4, -0.2) is 42.4 Å². The van der Waals surface area contributed by atoms with Crippen molar-refractivity contribution in [3.05, 3.63) is 29.6 Å². The van der Waals surface area contributed by atoms with E-state index in [0.717, 1.165) is 6.26 Å². The van der Waals surface area contributed by atoms with Crippen molar-refractivity contribution < 1.29 is 23.1 Å². The number of carbonyl (C=O) groups is 2. The molecule has 19 heavy (non-hydrogen) atoms. The highest BCUT2D eigenvalue weighted by Crippen LogP contribution is 2.00. The number of hydrogen-bond donors (Lipinski definition) is 2. The fraction of sp³-hybridized carbons (Fsp3) is 0.364.